The third-order valence-corrected chi connectivity index (χ3v) is 2.74. The summed E-state index contributed by atoms with van der Waals surface area (Å²) in [6.45, 7) is 4.69. The van der Waals surface area contributed by atoms with Crippen LogP contribution in [-0.2, 0) is 6.54 Å². The van der Waals surface area contributed by atoms with Gasteiger partial charge in [-0.3, -0.25) is 9.48 Å². The lowest BCUT2D eigenvalue weighted by molar-refractivity contribution is 0.0963. The Morgan fingerprint density at radius 2 is 2.31 bits per heavy atom. The Balaban J connectivity index is 2.84. The minimum Gasteiger partial charge on any atom is -0.327 e. The number of hydrogen-bond donors (Lipinski definition) is 1. The number of nitrogens with two attached hydrogens (primary N) is 1. The lowest BCUT2D eigenvalue weighted by atomic mass is 10.1. The van der Waals surface area contributed by atoms with E-state index in [-0.39, 0.29) is 11.8 Å². The summed E-state index contributed by atoms with van der Waals surface area (Å²) in [6, 6.07) is -0.103. The number of carbonyl (C=O) groups is 1. The van der Waals surface area contributed by atoms with Crippen molar-refractivity contribution < 1.29 is 4.79 Å². The second-order valence-electron chi connectivity index (χ2n) is 3.86. The largest absolute Gasteiger partial charge is 0.327 e. The normalized spacial score (nSPS) is 12.8. The summed E-state index contributed by atoms with van der Waals surface area (Å²) in [5.74, 6) is -0.0229. The summed E-state index contributed by atoms with van der Waals surface area (Å²) in [6.07, 6.45) is 3.54. The van der Waals surface area contributed by atoms with Crippen molar-refractivity contribution in [1.29, 1.82) is 0 Å². The Hall–Kier alpha value is -0.870. The molecule has 0 aliphatic heterocycles. The maximum absolute atomic E-state index is 12.0. The maximum Gasteiger partial charge on any atom is 0.183 e. The second kappa shape index (κ2) is 6.01. The first-order valence-corrected chi connectivity index (χ1v) is 5.98. The highest BCUT2D eigenvalue weighted by atomic mass is 35.5. The molecule has 90 valence electrons. The van der Waals surface area contributed by atoms with E-state index in [0.29, 0.717) is 23.7 Å². The molecule has 0 aliphatic carbocycles. The van der Waals surface area contributed by atoms with Gasteiger partial charge in [0.1, 0.15) is 5.69 Å². The highest BCUT2D eigenvalue weighted by Crippen LogP contribution is 2.18. The van der Waals surface area contributed by atoms with E-state index in [1.165, 1.54) is 6.20 Å². The van der Waals surface area contributed by atoms with Gasteiger partial charge in [0.15, 0.2) is 5.78 Å². The van der Waals surface area contributed by atoms with Crippen LogP contribution >= 0.6 is 11.6 Å². The molecule has 0 fully saturated rings. The van der Waals surface area contributed by atoms with Crippen LogP contribution in [-0.4, -0.2) is 21.6 Å². The lowest BCUT2D eigenvalue weighted by Gasteiger charge is -2.09. The van der Waals surface area contributed by atoms with Gasteiger partial charge in [-0.1, -0.05) is 25.4 Å². The van der Waals surface area contributed by atoms with Crippen LogP contribution in [0.4, 0.5) is 0 Å². The molecular formula is C11H18ClN3O. The zero-order chi connectivity index (χ0) is 12.1. The van der Waals surface area contributed by atoms with Crippen LogP contribution in [0.5, 0.6) is 0 Å². The number of aromatic nitrogens is 2. The van der Waals surface area contributed by atoms with Gasteiger partial charge in [-0.05, 0) is 12.8 Å². The Morgan fingerprint density at radius 3 is 2.88 bits per heavy atom. The molecule has 1 rings (SSSR count). The smallest absolute Gasteiger partial charge is 0.183 e. The molecule has 4 nitrogen and oxygen atoms in total. The first-order valence-electron chi connectivity index (χ1n) is 5.60. The number of carbonyl (C=O) groups excluding carboxylic acids is 1. The lowest BCUT2D eigenvalue weighted by Crippen LogP contribution is -2.24. The van der Waals surface area contributed by atoms with Crippen LogP contribution in [0.3, 0.4) is 0 Å². The molecule has 0 bridgehead atoms. The molecule has 0 aliphatic rings. The van der Waals surface area contributed by atoms with Crippen molar-refractivity contribution >= 4 is 17.4 Å². The first kappa shape index (κ1) is 13.2. The Morgan fingerprint density at radius 1 is 1.62 bits per heavy atom. The van der Waals surface area contributed by atoms with E-state index in [1.807, 2.05) is 13.8 Å². The van der Waals surface area contributed by atoms with Crippen molar-refractivity contribution in [3.05, 3.63) is 16.9 Å². The minimum atomic E-state index is -0.103. The summed E-state index contributed by atoms with van der Waals surface area (Å²) in [5.41, 5.74) is 6.25. The monoisotopic (exact) mass is 243 g/mol. The Kier molecular flexibility index (Phi) is 4.96. The standard InChI is InChI=1S/C11H18ClN3O/c1-3-5-15-11(9(12)7-14-15)10(16)6-8(13)4-2/h7-8H,3-6,13H2,1-2H3. The molecule has 16 heavy (non-hydrogen) atoms. The van der Waals surface area contributed by atoms with Crippen LogP contribution in [0, 0.1) is 0 Å². The fourth-order valence-corrected chi connectivity index (χ4v) is 1.75. The predicted octanol–water partition coefficient (Wildman–Crippen LogP) is 2.26. The fourth-order valence-electron chi connectivity index (χ4n) is 1.50. The van der Waals surface area contributed by atoms with E-state index in [0.717, 1.165) is 12.8 Å². The SMILES string of the molecule is CCCn1ncc(Cl)c1C(=O)CC(N)CC. The quantitative estimate of drug-likeness (QED) is 0.780. The molecule has 0 saturated heterocycles. The fraction of sp³-hybridized carbons (Fsp3) is 0.636. The number of halogens is 1. The first-order chi connectivity index (χ1) is 7.60. The molecule has 0 saturated carbocycles. The van der Waals surface area contributed by atoms with Crippen molar-refractivity contribution in [3.8, 4) is 0 Å². The summed E-state index contributed by atoms with van der Waals surface area (Å²) >= 11 is 5.96. The molecule has 1 heterocycles. The van der Waals surface area contributed by atoms with Crippen LogP contribution in [0.25, 0.3) is 0 Å². The van der Waals surface area contributed by atoms with Gasteiger partial charge in [-0.2, -0.15) is 5.10 Å². The zero-order valence-corrected chi connectivity index (χ0v) is 10.5. The molecule has 1 aromatic heterocycles. The Labute approximate surface area is 101 Å². The summed E-state index contributed by atoms with van der Waals surface area (Å²) < 4.78 is 1.66. The third-order valence-electron chi connectivity index (χ3n) is 2.47. The van der Waals surface area contributed by atoms with E-state index < -0.39 is 0 Å². The van der Waals surface area contributed by atoms with Gasteiger partial charge in [0.25, 0.3) is 0 Å². The van der Waals surface area contributed by atoms with Crippen LogP contribution in [0.1, 0.15) is 43.6 Å². The van der Waals surface area contributed by atoms with Crippen molar-refractivity contribution in [2.75, 3.05) is 0 Å². The van der Waals surface area contributed by atoms with Gasteiger partial charge < -0.3 is 5.73 Å². The molecule has 5 heteroatoms. The topological polar surface area (TPSA) is 60.9 Å². The molecule has 0 spiro atoms. The van der Waals surface area contributed by atoms with Gasteiger partial charge >= 0.3 is 0 Å². The molecular weight excluding hydrogens is 226 g/mol. The van der Waals surface area contributed by atoms with Crippen LogP contribution in [0.15, 0.2) is 6.20 Å². The average molecular weight is 244 g/mol. The Bertz CT molecular complexity index is 362. The average Bonchev–Trinajstić information content (AvgIpc) is 2.60. The van der Waals surface area contributed by atoms with E-state index in [9.17, 15) is 4.79 Å². The maximum atomic E-state index is 12.0. The van der Waals surface area contributed by atoms with E-state index in [1.54, 1.807) is 4.68 Å². The number of rotatable bonds is 6. The van der Waals surface area contributed by atoms with E-state index in [4.69, 9.17) is 17.3 Å². The summed E-state index contributed by atoms with van der Waals surface area (Å²) in [7, 11) is 0. The van der Waals surface area contributed by atoms with Crippen molar-refractivity contribution in [1.82, 2.24) is 9.78 Å². The molecule has 0 radical (unpaired) electrons. The zero-order valence-electron chi connectivity index (χ0n) is 9.74. The van der Waals surface area contributed by atoms with Gasteiger partial charge in [-0.15, -0.1) is 0 Å². The number of Topliss-reactive ketones (excluding diaryl/α,β-unsaturated/α-hetero) is 1. The predicted molar refractivity (Wildman–Crippen MR) is 64.7 cm³/mol. The number of nitrogens with zero attached hydrogens (tertiary/aromatic N) is 2. The highest BCUT2D eigenvalue weighted by Gasteiger charge is 2.18. The molecule has 1 aromatic rings. The molecule has 1 atom stereocenters. The summed E-state index contributed by atoms with van der Waals surface area (Å²) in [4.78, 5) is 12.0. The van der Waals surface area contributed by atoms with Crippen molar-refractivity contribution in [2.24, 2.45) is 5.73 Å². The molecule has 0 aromatic carbocycles. The van der Waals surface area contributed by atoms with Crippen LogP contribution < -0.4 is 5.73 Å². The van der Waals surface area contributed by atoms with Crippen molar-refractivity contribution in [2.45, 2.75) is 45.7 Å². The minimum absolute atomic E-state index is 0.0229. The van der Waals surface area contributed by atoms with Crippen LogP contribution in [0.2, 0.25) is 5.02 Å². The number of ketones is 1. The number of hydrogen-bond acceptors (Lipinski definition) is 3. The van der Waals surface area contributed by atoms with E-state index in [2.05, 4.69) is 5.10 Å². The van der Waals surface area contributed by atoms with E-state index >= 15 is 0 Å². The highest BCUT2D eigenvalue weighted by molar-refractivity contribution is 6.33. The molecule has 2 N–H and O–H groups in total. The van der Waals surface area contributed by atoms with Gasteiger partial charge in [0.05, 0.1) is 11.2 Å². The second-order valence-corrected chi connectivity index (χ2v) is 4.27. The van der Waals surface area contributed by atoms with Gasteiger partial charge in [0.2, 0.25) is 0 Å². The van der Waals surface area contributed by atoms with Crippen molar-refractivity contribution in [3.63, 3.8) is 0 Å². The summed E-state index contributed by atoms with van der Waals surface area (Å²) in [5, 5.41) is 4.50. The molecule has 0 amide bonds. The number of aryl methyl sites for hydroxylation is 1. The van der Waals surface area contributed by atoms with Gasteiger partial charge in [0, 0.05) is 19.0 Å². The third kappa shape index (κ3) is 3.06. The van der Waals surface area contributed by atoms with Gasteiger partial charge in [-0.25, -0.2) is 0 Å². The molecule has 1 unspecified atom stereocenters.